The summed E-state index contributed by atoms with van der Waals surface area (Å²) >= 11 is 5.92. The number of hydrogen-bond donors (Lipinski definition) is 2. The SMILES string of the molecule is CCCS(=O)N1CCNCC1CC[C@H]1CCCC1NC(=O)CC(c1ccc(Cl)c(F)c1)N1CCOCC1. The summed E-state index contributed by atoms with van der Waals surface area (Å²) in [6.45, 7) is 7.29. The first-order valence-electron chi connectivity index (χ1n) is 13.9. The molecule has 0 spiro atoms. The van der Waals surface area contributed by atoms with Crippen molar-refractivity contribution in [2.24, 2.45) is 5.92 Å². The number of nitrogens with zero attached hydrogens (tertiary/aromatic N) is 2. The third-order valence-corrected chi connectivity index (χ3v) is 10.1. The molecule has 2 heterocycles. The van der Waals surface area contributed by atoms with E-state index in [4.69, 9.17) is 16.3 Å². The average molecular weight is 557 g/mol. The molecule has 1 aliphatic carbocycles. The van der Waals surface area contributed by atoms with Crippen LogP contribution in [0.2, 0.25) is 5.02 Å². The Balaban J connectivity index is 1.35. The average Bonchev–Trinajstić information content (AvgIpc) is 3.35. The van der Waals surface area contributed by atoms with Crippen LogP contribution in [-0.2, 0) is 20.5 Å². The molecule has 10 heteroatoms. The van der Waals surface area contributed by atoms with Crippen molar-refractivity contribution in [3.05, 3.63) is 34.6 Å². The molecule has 4 rings (SSSR count). The van der Waals surface area contributed by atoms with Crippen LogP contribution < -0.4 is 10.6 Å². The molecule has 0 bridgehead atoms. The summed E-state index contributed by atoms with van der Waals surface area (Å²) in [6, 6.07) is 5.08. The number of ether oxygens (including phenoxy) is 1. The molecule has 2 aliphatic heterocycles. The molecule has 37 heavy (non-hydrogen) atoms. The van der Waals surface area contributed by atoms with Crippen molar-refractivity contribution < 1.29 is 18.1 Å². The van der Waals surface area contributed by atoms with E-state index in [0.29, 0.717) is 32.2 Å². The Morgan fingerprint density at radius 2 is 2.08 bits per heavy atom. The van der Waals surface area contributed by atoms with Crippen LogP contribution in [-0.4, -0.2) is 83.1 Å². The fraction of sp³-hybridized carbons (Fsp3) is 0.741. The lowest BCUT2D eigenvalue weighted by Gasteiger charge is -2.36. The highest BCUT2D eigenvalue weighted by atomic mass is 35.5. The van der Waals surface area contributed by atoms with E-state index in [1.165, 1.54) is 6.07 Å². The molecule has 0 radical (unpaired) electrons. The Morgan fingerprint density at radius 1 is 1.27 bits per heavy atom. The Morgan fingerprint density at radius 3 is 2.84 bits per heavy atom. The van der Waals surface area contributed by atoms with Gasteiger partial charge in [-0.1, -0.05) is 31.0 Å². The molecule has 1 aromatic carbocycles. The third-order valence-electron chi connectivity index (χ3n) is 8.01. The second-order valence-electron chi connectivity index (χ2n) is 10.5. The van der Waals surface area contributed by atoms with Gasteiger partial charge in [-0.05, 0) is 55.7 Å². The number of nitrogens with one attached hydrogen (secondary N) is 2. The molecule has 2 N–H and O–H groups in total. The maximum atomic E-state index is 14.3. The maximum absolute atomic E-state index is 14.3. The first-order chi connectivity index (χ1) is 18.0. The smallest absolute Gasteiger partial charge is 0.222 e. The lowest BCUT2D eigenvalue weighted by atomic mass is 9.94. The molecule has 1 saturated carbocycles. The third kappa shape index (κ3) is 7.96. The van der Waals surface area contributed by atoms with Crippen LogP contribution in [0, 0.1) is 11.7 Å². The molecule has 2 saturated heterocycles. The zero-order chi connectivity index (χ0) is 26.2. The van der Waals surface area contributed by atoms with Crippen LogP contribution in [0.3, 0.4) is 0 Å². The minimum absolute atomic E-state index is 0.00811. The number of carbonyl (C=O) groups is 1. The number of halogens is 2. The molecule has 4 unspecified atom stereocenters. The summed E-state index contributed by atoms with van der Waals surface area (Å²) in [5, 5.41) is 6.88. The van der Waals surface area contributed by atoms with Crippen LogP contribution in [0.4, 0.5) is 4.39 Å². The van der Waals surface area contributed by atoms with E-state index in [1.54, 1.807) is 6.07 Å². The number of piperazine rings is 1. The van der Waals surface area contributed by atoms with Gasteiger partial charge in [-0.2, -0.15) is 0 Å². The van der Waals surface area contributed by atoms with Crippen LogP contribution in [0.1, 0.15) is 63.5 Å². The zero-order valence-corrected chi connectivity index (χ0v) is 23.5. The van der Waals surface area contributed by atoms with E-state index < -0.39 is 16.8 Å². The number of morpholine rings is 1. The molecule has 208 valence electrons. The zero-order valence-electron chi connectivity index (χ0n) is 21.9. The minimum Gasteiger partial charge on any atom is -0.379 e. The monoisotopic (exact) mass is 556 g/mol. The molecule has 0 aromatic heterocycles. The van der Waals surface area contributed by atoms with Crippen molar-refractivity contribution in [3.8, 4) is 0 Å². The summed E-state index contributed by atoms with van der Waals surface area (Å²) in [6.07, 6.45) is 6.42. The highest BCUT2D eigenvalue weighted by molar-refractivity contribution is 7.82. The van der Waals surface area contributed by atoms with Crippen LogP contribution in [0.5, 0.6) is 0 Å². The molecule has 1 amide bonds. The summed E-state index contributed by atoms with van der Waals surface area (Å²) in [7, 11) is -0.913. The second kappa shape index (κ2) is 14.3. The van der Waals surface area contributed by atoms with Crippen molar-refractivity contribution in [3.63, 3.8) is 0 Å². The van der Waals surface area contributed by atoms with Gasteiger partial charge >= 0.3 is 0 Å². The summed E-state index contributed by atoms with van der Waals surface area (Å²) in [4.78, 5) is 15.5. The number of rotatable bonds is 11. The predicted molar refractivity (Wildman–Crippen MR) is 146 cm³/mol. The lowest BCUT2D eigenvalue weighted by Crippen LogP contribution is -2.52. The molecule has 1 aromatic rings. The van der Waals surface area contributed by atoms with Gasteiger partial charge in [0.05, 0.1) is 29.2 Å². The highest BCUT2D eigenvalue weighted by Gasteiger charge is 2.33. The first kappa shape index (κ1) is 28.9. The molecule has 3 aliphatic rings. The van der Waals surface area contributed by atoms with Gasteiger partial charge in [-0.25, -0.2) is 12.9 Å². The molecule has 5 atom stereocenters. The van der Waals surface area contributed by atoms with Crippen LogP contribution >= 0.6 is 11.6 Å². The van der Waals surface area contributed by atoms with E-state index >= 15 is 0 Å². The Labute approximate surface area is 228 Å². The Kier molecular flexibility index (Phi) is 11.2. The van der Waals surface area contributed by atoms with Gasteiger partial charge < -0.3 is 15.4 Å². The van der Waals surface area contributed by atoms with Crippen molar-refractivity contribution in [2.45, 2.75) is 70.0 Å². The lowest BCUT2D eigenvalue weighted by molar-refractivity contribution is -0.124. The fourth-order valence-corrected chi connectivity index (χ4v) is 7.54. The van der Waals surface area contributed by atoms with Gasteiger partial charge in [-0.3, -0.25) is 9.69 Å². The van der Waals surface area contributed by atoms with Crippen molar-refractivity contribution in [1.29, 1.82) is 0 Å². The predicted octanol–water partition coefficient (Wildman–Crippen LogP) is 3.66. The maximum Gasteiger partial charge on any atom is 0.222 e. The van der Waals surface area contributed by atoms with E-state index in [0.717, 1.165) is 69.5 Å². The molecular weight excluding hydrogens is 515 g/mol. The van der Waals surface area contributed by atoms with Gasteiger partial charge in [0.1, 0.15) is 5.82 Å². The van der Waals surface area contributed by atoms with Crippen LogP contribution in [0.15, 0.2) is 18.2 Å². The largest absolute Gasteiger partial charge is 0.379 e. The number of hydrogen-bond acceptors (Lipinski definition) is 5. The topological polar surface area (TPSA) is 73.9 Å². The van der Waals surface area contributed by atoms with Gasteiger partial charge in [-0.15, -0.1) is 0 Å². The fourth-order valence-electron chi connectivity index (χ4n) is 6.04. The molecule has 3 fully saturated rings. The van der Waals surface area contributed by atoms with Gasteiger partial charge in [0, 0.05) is 63.0 Å². The normalized spacial score (nSPS) is 27.2. The van der Waals surface area contributed by atoms with E-state index in [2.05, 4.69) is 26.8 Å². The highest BCUT2D eigenvalue weighted by Crippen LogP contribution is 2.32. The number of carbonyl (C=O) groups excluding carboxylic acids is 1. The quantitative estimate of drug-likeness (QED) is 0.435. The second-order valence-corrected chi connectivity index (χ2v) is 12.4. The number of amides is 1. The van der Waals surface area contributed by atoms with Crippen molar-refractivity contribution in [2.75, 3.05) is 51.7 Å². The standard InChI is InChI=1S/C27H42ClFN4O3S/c1-2-16-37(35)33-11-10-30-19-22(33)8-6-20-4-3-5-25(20)31-27(34)18-26(32-12-14-36-15-13-32)21-7-9-23(28)24(29)17-21/h7,9,17,20,22,25-26,30H,2-6,8,10-16,18-19H2,1H3,(H,31,34)/t20-,22?,25?,26?,37?/m1/s1. The summed E-state index contributed by atoms with van der Waals surface area (Å²) in [5.74, 6) is 0.705. The van der Waals surface area contributed by atoms with Gasteiger partial charge in [0.25, 0.3) is 0 Å². The van der Waals surface area contributed by atoms with Gasteiger partial charge in [0.15, 0.2) is 0 Å². The van der Waals surface area contributed by atoms with Crippen LogP contribution in [0.25, 0.3) is 0 Å². The molecular formula is C27H42ClFN4O3S. The summed E-state index contributed by atoms with van der Waals surface area (Å²) < 4.78 is 34.7. The Hall–Kier alpha value is -1.10. The van der Waals surface area contributed by atoms with E-state index in [9.17, 15) is 13.4 Å². The summed E-state index contributed by atoms with van der Waals surface area (Å²) in [5.41, 5.74) is 0.770. The van der Waals surface area contributed by atoms with E-state index in [-0.39, 0.29) is 35.5 Å². The van der Waals surface area contributed by atoms with Gasteiger partial charge in [0.2, 0.25) is 5.91 Å². The number of benzene rings is 1. The Bertz CT molecular complexity index is 920. The minimum atomic E-state index is -0.913. The van der Waals surface area contributed by atoms with Crippen molar-refractivity contribution in [1.82, 2.24) is 19.8 Å². The van der Waals surface area contributed by atoms with E-state index in [1.807, 2.05) is 6.07 Å². The first-order valence-corrected chi connectivity index (χ1v) is 15.5. The molecule has 7 nitrogen and oxygen atoms in total. The van der Waals surface area contributed by atoms with Crippen molar-refractivity contribution >= 4 is 28.5 Å².